The second kappa shape index (κ2) is 10.2. The molecule has 0 aliphatic carbocycles. The number of hydrogen-bond donors (Lipinski definition) is 0. The molecule has 0 radical (unpaired) electrons. The molecule has 2 atom stereocenters. The number of benzene rings is 2. The molecular weight excluding hydrogens is 508 g/mol. The highest BCUT2D eigenvalue weighted by Gasteiger charge is 2.37. The van der Waals surface area contributed by atoms with Crippen molar-refractivity contribution in [2.45, 2.75) is 32.0 Å². The summed E-state index contributed by atoms with van der Waals surface area (Å²) in [5, 5.41) is 9.51. The molecule has 4 aromatic rings. The van der Waals surface area contributed by atoms with E-state index in [1.165, 1.54) is 28.8 Å². The van der Waals surface area contributed by atoms with Gasteiger partial charge in [-0.3, -0.25) is 9.69 Å². The highest BCUT2D eigenvalue weighted by molar-refractivity contribution is 6.34. The molecule has 1 fully saturated rings. The van der Waals surface area contributed by atoms with Crippen LogP contribution in [0.25, 0.3) is 11.0 Å². The van der Waals surface area contributed by atoms with Gasteiger partial charge in [-0.25, -0.2) is 13.8 Å². The third-order valence-electron chi connectivity index (χ3n) is 7.30. The van der Waals surface area contributed by atoms with Crippen molar-refractivity contribution in [1.29, 1.82) is 5.26 Å². The first-order valence-corrected chi connectivity index (χ1v) is 12.7. The summed E-state index contributed by atoms with van der Waals surface area (Å²) in [6, 6.07) is 17.7. The zero-order chi connectivity index (χ0) is 27.1. The number of pyridine rings is 2. The molecule has 3 heterocycles. The van der Waals surface area contributed by atoms with Crippen molar-refractivity contribution in [3.63, 3.8) is 0 Å². The van der Waals surface area contributed by atoms with E-state index in [0.29, 0.717) is 29.8 Å². The van der Waals surface area contributed by atoms with E-state index in [2.05, 4.69) is 27.8 Å². The lowest BCUT2D eigenvalue weighted by Crippen LogP contribution is -2.57. The van der Waals surface area contributed by atoms with Crippen molar-refractivity contribution in [3.8, 4) is 6.07 Å². The van der Waals surface area contributed by atoms with E-state index >= 15 is 0 Å². The van der Waals surface area contributed by atoms with E-state index in [1.807, 2.05) is 6.92 Å². The van der Waals surface area contributed by atoms with E-state index in [9.17, 15) is 18.8 Å². The lowest BCUT2D eigenvalue weighted by molar-refractivity contribution is 0.130. The molecule has 2 aromatic heterocycles. The van der Waals surface area contributed by atoms with Crippen LogP contribution in [-0.4, -0.2) is 39.6 Å². The molecule has 0 spiro atoms. The van der Waals surface area contributed by atoms with Gasteiger partial charge in [-0.1, -0.05) is 35.9 Å². The Morgan fingerprint density at radius 2 is 1.53 bits per heavy atom. The first kappa shape index (κ1) is 25.8. The number of anilines is 1. The fourth-order valence-electron chi connectivity index (χ4n) is 5.37. The summed E-state index contributed by atoms with van der Waals surface area (Å²) in [4.78, 5) is 21.9. The topological polar surface area (TPSA) is 65.2 Å². The van der Waals surface area contributed by atoms with Crippen LogP contribution >= 0.6 is 11.6 Å². The van der Waals surface area contributed by atoms with Crippen molar-refractivity contribution in [2.75, 3.05) is 18.0 Å². The predicted molar refractivity (Wildman–Crippen MR) is 144 cm³/mol. The number of hydrogen-bond acceptors (Lipinski definition) is 5. The minimum Gasteiger partial charge on any atom is -0.363 e. The number of aromatic nitrogens is 2. The van der Waals surface area contributed by atoms with E-state index in [0.717, 1.165) is 11.1 Å². The van der Waals surface area contributed by atoms with Crippen molar-refractivity contribution < 1.29 is 8.78 Å². The summed E-state index contributed by atoms with van der Waals surface area (Å²) >= 11 is 6.66. The van der Waals surface area contributed by atoms with E-state index in [1.54, 1.807) is 43.4 Å². The molecular formula is C29H26ClF2N5O. The maximum atomic E-state index is 13.8. The van der Waals surface area contributed by atoms with Gasteiger partial charge >= 0.3 is 0 Å². The second-order valence-corrected chi connectivity index (χ2v) is 10.1. The summed E-state index contributed by atoms with van der Waals surface area (Å²) < 4.78 is 29.0. The highest BCUT2D eigenvalue weighted by atomic mass is 35.5. The zero-order valence-corrected chi connectivity index (χ0v) is 22.0. The summed E-state index contributed by atoms with van der Waals surface area (Å²) in [6.07, 6.45) is 0. The molecule has 6 nitrogen and oxygen atoms in total. The lowest BCUT2D eigenvalue weighted by atomic mass is 9.93. The van der Waals surface area contributed by atoms with Gasteiger partial charge in [0.1, 0.15) is 33.9 Å². The summed E-state index contributed by atoms with van der Waals surface area (Å²) in [6.45, 7) is 5.20. The number of piperazine rings is 1. The van der Waals surface area contributed by atoms with Gasteiger partial charge in [0.15, 0.2) is 0 Å². The summed E-state index contributed by atoms with van der Waals surface area (Å²) in [5.74, 6) is -0.650. The van der Waals surface area contributed by atoms with Crippen molar-refractivity contribution in [1.82, 2.24) is 14.5 Å². The van der Waals surface area contributed by atoms with Gasteiger partial charge in [-0.05, 0) is 61.4 Å². The first-order valence-electron chi connectivity index (χ1n) is 12.3. The number of nitrogens with zero attached hydrogens (tertiary/aromatic N) is 5. The Morgan fingerprint density at radius 3 is 2.08 bits per heavy atom. The van der Waals surface area contributed by atoms with E-state index in [4.69, 9.17) is 11.6 Å². The first-order chi connectivity index (χ1) is 18.2. The molecule has 0 N–H and O–H groups in total. The Balaban J connectivity index is 1.58. The van der Waals surface area contributed by atoms with Gasteiger partial charge in [0.2, 0.25) is 0 Å². The molecule has 1 aliphatic heterocycles. The second-order valence-electron chi connectivity index (χ2n) is 9.76. The number of fused-ring (bicyclic) bond motifs is 1. The van der Waals surface area contributed by atoms with Crippen LogP contribution in [0.5, 0.6) is 0 Å². The third kappa shape index (κ3) is 4.53. The average molecular weight is 534 g/mol. The van der Waals surface area contributed by atoms with Gasteiger partial charge < -0.3 is 9.47 Å². The summed E-state index contributed by atoms with van der Waals surface area (Å²) in [5.41, 5.74) is 3.29. The van der Waals surface area contributed by atoms with Crippen molar-refractivity contribution >= 4 is 28.3 Å². The van der Waals surface area contributed by atoms with Crippen LogP contribution < -0.4 is 10.5 Å². The number of halogens is 3. The molecule has 9 heteroatoms. The lowest BCUT2D eigenvalue weighted by Gasteiger charge is -2.48. The molecule has 0 amide bonds. The van der Waals surface area contributed by atoms with Crippen molar-refractivity contribution in [2.24, 2.45) is 7.05 Å². The average Bonchev–Trinajstić information content (AvgIpc) is 2.91. The highest BCUT2D eigenvalue weighted by Crippen LogP contribution is 2.38. The van der Waals surface area contributed by atoms with Crippen LogP contribution in [0.1, 0.15) is 36.7 Å². The monoisotopic (exact) mass is 533 g/mol. The fraction of sp³-hybridized carbons (Fsp3) is 0.276. The molecule has 1 saturated heterocycles. The van der Waals surface area contributed by atoms with Gasteiger partial charge in [0.05, 0.1) is 17.2 Å². The third-order valence-corrected chi connectivity index (χ3v) is 7.64. The van der Waals surface area contributed by atoms with Gasteiger partial charge in [0.25, 0.3) is 5.56 Å². The molecule has 5 rings (SSSR count). The number of rotatable bonds is 4. The van der Waals surface area contributed by atoms with Crippen LogP contribution in [0.2, 0.25) is 5.02 Å². The Kier molecular flexibility index (Phi) is 6.91. The van der Waals surface area contributed by atoms with Gasteiger partial charge in [-0.2, -0.15) is 5.26 Å². The van der Waals surface area contributed by atoms with E-state index < -0.39 is 0 Å². The minimum absolute atomic E-state index is 0.0411. The molecule has 0 saturated carbocycles. The van der Waals surface area contributed by atoms with Crippen LogP contribution in [0.4, 0.5) is 14.5 Å². The quantitative estimate of drug-likeness (QED) is 0.350. The smallest absolute Gasteiger partial charge is 0.271 e. The normalized spacial score (nSPS) is 18.2. The van der Waals surface area contributed by atoms with Crippen LogP contribution in [0, 0.1) is 23.0 Å². The predicted octanol–water partition coefficient (Wildman–Crippen LogP) is 5.43. The van der Waals surface area contributed by atoms with E-state index in [-0.39, 0.29) is 46.0 Å². The molecule has 2 aromatic carbocycles. The minimum atomic E-state index is -0.335. The van der Waals surface area contributed by atoms with Gasteiger partial charge in [-0.15, -0.1) is 0 Å². The van der Waals surface area contributed by atoms with Crippen LogP contribution in [-0.2, 0) is 7.05 Å². The summed E-state index contributed by atoms with van der Waals surface area (Å²) in [7, 11) is 1.63. The SMILES string of the molecule is C[C@H]1CN(C(c2ccc(F)cc2)c2ccc(F)cc2)[C@@H](C)CN1c1c(Cl)c(=O)n(C)c2ccc(C#N)nc12. The number of aryl methyl sites for hydroxylation is 1. The zero-order valence-electron chi connectivity index (χ0n) is 21.2. The van der Waals surface area contributed by atoms with Crippen molar-refractivity contribution in [3.05, 3.63) is 104 Å². The molecule has 38 heavy (non-hydrogen) atoms. The standard InChI is InChI=1S/C29H26ClF2N5O/c1-17-16-37(28-25(30)29(38)35(3)24-13-12-23(14-33)34-26(24)28)18(2)15-36(17)27(19-4-8-21(31)9-5-19)20-6-10-22(32)11-7-20/h4-13,17-18,27H,15-16H2,1-3H3/t17-,18-/m0/s1. The fourth-order valence-corrected chi connectivity index (χ4v) is 5.70. The maximum Gasteiger partial charge on any atom is 0.271 e. The Labute approximate surface area is 224 Å². The van der Waals surface area contributed by atoms with Gasteiger partial charge in [0, 0.05) is 32.2 Å². The molecule has 0 bridgehead atoms. The molecule has 194 valence electrons. The Morgan fingerprint density at radius 1 is 0.947 bits per heavy atom. The molecule has 1 aliphatic rings. The maximum absolute atomic E-state index is 13.8. The molecule has 0 unspecified atom stereocenters. The Bertz CT molecular complexity index is 1550. The largest absolute Gasteiger partial charge is 0.363 e. The number of nitriles is 1. The van der Waals surface area contributed by atoms with Crippen LogP contribution in [0.15, 0.2) is 65.5 Å². The van der Waals surface area contributed by atoms with Crippen LogP contribution in [0.3, 0.4) is 0 Å². The Hall–Kier alpha value is -3.80.